The van der Waals surface area contributed by atoms with Gasteiger partial charge < -0.3 is 0 Å². The van der Waals surface area contributed by atoms with Gasteiger partial charge in [0, 0.05) is 0 Å². The molecule has 0 nitrogen and oxygen atoms in total. The molecule has 0 aromatic heterocycles. The van der Waals surface area contributed by atoms with Crippen molar-refractivity contribution in [2.45, 2.75) is 6.42 Å². The fourth-order valence-electron chi connectivity index (χ4n) is 5.96. The first-order chi connectivity index (χ1) is 16.3. The highest BCUT2D eigenvalue weighted by atomic mass is 14.2. The van der Waals surface area contributed by atoms with Crippen LogP contribution in [-0.4, -0.2) is 0 Å². The smallest absolute Gasteiger partial charge is 0.00259 e. The molecule has 0 unspecified atom stereocenters. The van der Waals surface area contributed by atoms with Gasteiger partial charge in [-0.1, -0.05) is 72.8 Å². The van der Waals surface area contributed by atoms with Gasteiger partial charge in [0.15, 0.2) is 0 Å². The quantitative estimate of drug-likeness (QED) is 0.172. The van der Waals surface area contributed by atoms with E-state index in [9.17, 15) is 0 Å². The lowest BCUT2D eigenvalue weighted by molar-refractivity contribution is 1.43. The minimum atomic E-state index is 1.02. The van der Waals surface area contributed by atoms with Crippen LogP contribution < -0.4 is 5.22 Å². The maximum atomic E-state index is 2.41. The lowest BCUT2D eigenvalue weighted by Crippen LogP contribution is -2.07. The molecule has 7 aromatic rings. The average molecular weight is 417 g/mol. The molecule has 152 valence electrons. The second kappa shape index (κ2) is 6.21. The van der Waals surface area contributed by atoms with Crippen molar-refractivity contribution in [1.82, 2.24) is 0 Å². The molecule has 7 aromatic carbocycles. The third-order valence-electron chi connectivity index (χ3n) is 7.50. The topological polar surface area (TPSA) is 0 Å². The molecular formula is C33H20. The fourth-order valence-corrected chi connectivity index (χ4v) is 5.96. The van der Waals surface area contributed by atoms with Gasteiger partial charge in [-0.3, -0.25) is 0 Å². The zero-order valence-electron chi connectivity index (χ0n) is 18.1. The fraction of sp³-hybridized carbons (Fsp3) is 0.0303. The molecule has 0 radical (unpaired) electrons. The van der Waals surface area contributed by atoms with Crippen LogP contribution in [0, 0.1) is 0 Å². The number of hydrogen-bond acceptors (Lipinski definition) is 0. The molecule has 0 heterocycles. The Morgan fingerprint density at radius 2 is 1.15 bits per heavy atom. The molecular weight excluding hydrogens is 396 g/mol. The standard InChI is InChI=1S/C33H20/c1-2-7-21-16-29-23(14-20(21)6-1)12-13-24-17-31-26(19-30(24)29)15-25-9-5-11-28-27-10-4-3-8-22(27)18-32(31)33(25)28/h1,3-19H,2H2. The summed E-state index contributed by atoms with van der Waals surface area (Å²) in [6, 6.07) is 34.4. The first-order valence-electron chi connectivity index (χ1n) is 11.7. The van der Waals surface area contributed by atoms with Crippen LogP contribution in [0.25, 0.3) is 76.8 Å². The summed E-state index contributed by atoms with van der Waals surface area (Å²) < 4.78 is 0. The van der Waals surface area contributed by atoms with E-state index < -0.39 is 0 Å². The van der Waals surface area contributed by atoms with Crippen molar-refractivity contribution < 1.29 is 0 Å². The minimum Gasteiger partial charge on any atom is -0.0801 e. The monoisotopic (exact) mass is 416 g/mol. The lowest BCUT2D eigenvalue weighted by Gasteiger charge is -2.14. The molecule has 8 rings (SSSR count). The SMILES string of the molecule is C1=Cc2cc3ccc4cc5c(cc6cccc7c8ccccc8cc5c67)cc4c3cc2=CC1. The maximum absolute atomic E-state index is 2.41. The molecule has 0 fully saturated rings. The van der Waals surface area contributed by atoms with Crippen molar-refractivity contribution in [1.29, 1.82) is 0 Å². The van der Waals surface area contributed by atoms with Gasteiger partial charge in [-0.25, -0.2) is 0 Å². The van der Waals surface area contributed by atoms with E-state index in [-0.39, 0.29) is 0 Å². The van der Waals surface area contributed by atoms with E-state index in [0.29, 0.717) is 0 Å². The van der Waals surface area contributed by atoms with E-state index in [1.807, 2.05) is 0 Å². The van der Waals surface area contributed by atoms with Crippen molar-refractivity contribution in [3.8, 4) is 0 Å². The van der Waals surface area contributed by atoms with Gasteiger partial charge in [0.25, 0.3) is 0 Å². The first kappa shape index (κ1) is 17.4. The zero-order chi connectivity index (χ0) is 21.5. The lowest BCUT2D eigenvalue weighted by atomic mass is 9.89. The molecule has 0 N–H and O–H groups in total. The summed E-state index contributed by atoms with van der Waals surface area (Å²) in [6.45, 7) is 0. The summed E-state index contributed by atoms with van der Waals surface area (Å²) in [5.74, 6) is 0. The summed E-state index contributed by atoms with van der Waals surface area (Å²) in [4.78, 5) is 0. The molecule has 0 bridgehead atoms. The Hall–Kier alpha value is -4.16. The highest BCUT2D eigenvalue weighted by Crippen LogP contribution is 2.40. The molecule has 0 spiro atoms. The van der Waals surface area contributed by atoms with Crippen LogP contribution in [0.3, 0.4) is 0 Å². The van der Waals surface area contributed by atoms with Gasteiger partial charge in [0.1, 0.15) is 0 Å². The molecule has 0 amide bonds. The van der Waals surface area contributed by atoms with Crippen LogP contribution >= 0.6 is 0 Å². The summed E-state index contributed by atoms with van der Waals surface area (Å²) in [7, 11) is 0. The van der Waals surface area contributed by atoms with Gasteiger partial charge >= 0.3 is 0 Å². The van der Waals surface area contributed by atoms with Crippen molar-refractivity contribution in [2.24, 2.45) is 0 Å². The van der Waals surface area contributed by atoms with E-state index in [4.69, 9.17) is 0 Å². The first-order valence-corrected chi connectivity index (χ1v) is 11.7. The normalized spacial score (nSPS) is 13.5. The summed E-state index contributed by atoms with van der Waals surface area (Å²) in [5.41, 5.74) is 1.32. The van der Waals surface area contributed by atoms with Gasteiger partial charge in [0.05, 0.1) is 0 Å². The molecule has 0 saturated heterocycles. The van der Waals surface area contributed by atoms with E-state index in [0.717, 1.165) is 6.42 Å². The Morgan fingerprint density at radius 1 is 0.455 bits per heavy atom. The number of rotatable bonds is 0. The molecule has 0 heteroatoms. The average Bonchev–Trinajstić information content (AvgIpc) is 2.87. The molecule has 0 atom stereocenters. The predicted molar refractivity (Wildman–Crippen MR) is 145 cm³/mol. The van der Waals surface area contributed by atoms with Crippen molar-refractivity contribution in [3.63, 3.8) is 0 Å². The largest absolute Gasteiger partial charge is 0.0801 e. The molecule has 1 aliphatic rings. The number of hydrogen-bond donors (Lipinski definition) is 0. The molecule has 0 aliphatic heterocycles. The second-order valence-corrected chi connectivity index (χ2v) is 9.33. The van der Waals surface area contributed by atoms with E-state index >= 15 is 0 Å². The van der Waals surface area contributed by atoms with Crippen LogP contribution in [-0.2, 0) is 0 Å². The zero-order valence-corrected chi connectivity index (χ0v) is 18.1. The van der Waals surface area contributed by atoms with Crippen LogP contribution in [0.5, 0.6) is 0 Å². The summed E-state index contributed by atoms with van der Waals surface area (Å²) >= 11 is 0. The van der Waals surface area contributed by atoms with Gasteiger partial charge in [-0.05, 0) is 118 Å². The van der Waals surface area contributed by atoms with Crippen molar-refractivity contribution >= 4 is 76.8 Å². The van der Waals surface area contributed by atoms with Crippen molar-refractivity contribution in [3.05, 3.63) is 108 Å². The van der Waals surface area contributed by atoms with Gasteiger partial charge in [-0.2, -0.15) is 0 Å². The van der Waals surface area contributed by atoms with E-state index in [1.54, 1.807) is 0 Å². The van der Waals surface area contributed by atoms with E-state index in [2.05, 4.69) is 109 Å². The summed E-state index contributed by atoms with van der Waals surface area (Å²) in [5, 5.41) is 17.3. The number of benzene rings is 7. The van der Waals surface area contributed by atoms with Crippen LogP contribution in [0.15, 0.2) is 97.1 Å². The molecule has 1 aliphatic carbocycles. The Bertz CT molecular complexity index is 2040. The van der Waals surface area contributed by atoms with Crippen LogP contribution in [0.2, 0.25) is 0 Å². The van der Waals surface area contributed by atoms with Gasteiger partial charge in [0.2, 0.25) is 0 Å². The third kappa shape index (κ3) is 2.36. The summed E-state index contributed by atoms with van der Waals surface area (Å²) in [6.07, 6.45) is 7.84. The molecule has 0 saturated carbocycles. The number of fused-ring (bicyclic) bond motifs is 8. The Balaban J connectivity index is 1.57. The highest BCUT2D eigenvalue weighted by Gasteiger charge is 2.12. The predicted octanol–water partition coefficient (Wildman–Crippen LogP) is 8.52. The Morgan fingerprint density at radius 3 is 2.12 bits per heavy atom. The number of allylic oxidation sites excluding steroid dienone is 1. The molecule has 33 heavy (non-hydrogen) atoms. The maximum Gasteiger partial charge on any atom is -0.00259 e. The minimum absolute atomic E-state index is 1.02. The third-order valence-corrected chi connectivity index (χ3v) is 7.50. The van der Waals surface area contributed by atoms with Crippen LogP contribution in [0.1, 0.15) is 12.0 Å². The van der Waals surface area contributed by atoms with Crippen molar-refractivity contribution in [2.75, 3.05) is 0 Å². The Kier molecular flexibility index (Phi) is 3.27. The van der Waals surface area contributed by atoms with E-state index in [1.165, 1.54) is 75.4 Å². The van der Waals surface area contributed by atoms with Crippen LogP contribution in [0.4, 0.5) is 0 Å². The van der Waals surface area contributed by atoms with Gasteiger partial charge in [-0.15, -0.1) is 0 Å². The second-order valence-electron chi connectivity index (χ2n) is 9.33. The Labute approximate surface area is 191 Å². The highest BCUT2D eigenvalue weighted by molar-refractivity contribution is 6.29.